The highest BCUT2D eigenvalue weighted by atomic mass is 19.3. The van der Waals surface area contributed by atoms with Gasteiger partial charge in [0.2, 0.25) is 5.88 Å². The summed E-state index contributed by atoms with van der Waals surface area (Å²) in [5.74, 6) is 0.958. The van der Waals surface area contributed by atoms with Gasteiger partial charge in [-0.1, -0.05) is 5.16 Å². The van der Waals surface area contributed by atoms with Crippen LogP contribution in [0.2, 0.25) is 0 Å². The highest BCUT2D eigenvalue weighted by Crippen LogP contribution is 2.44. The molecule has 1 fully saturated rings. The van der Waals surface area contributed by atoms with Crippen molar-refractivity contribution in [2.75, 3.05) is 6.61 Å². The molecule has 0 spiro atoms. The predicted octanol–water partition coefficient (Wildman–Crippen LogP) is 4.38. The second-order valence-corrected chi connectivity index (χ2v) is 7.35. The smallest absolute Gasteiger partial charge is 0.261 e. The SMILES string of the molecule is Cc1ccc(-c2noc(C)c2COc2ccc(C3(OCC(F)F)CCC3)nn2)cn1. The lowest BCUT2D eigenvalue weighted by atomic mass is 9.77. The number of aromatic nitrogens is 4. The van der Waals surface area contributed by atoms with E-state index in [0.717, 1.165) is 23.2 Å². The lowest BCUT2D eigenvalue weighted by molar-refractivity contribution is -0.139. The molecule has 0 aliphatic heterocycles. The van der Waals surface area contributed by atoms with Crippen LogP contribution in [-0.4, -0.2) is 33.4 Å². The van der Waals surface area contributed by atoms with Crippen LogP contribution in [0.3, 0.4) is 0 Å². The Hall–Kier alpha value is -2.94. The topological polar surface area (TPSA) is 83.2 Å². The van der Waals surface area contributed by atoms with Gasteiger partial charge >= 0.3 is 0 Å². The molecule has 4 rings (SSSR count). The minimum Gasteiger partial charge on any atom is -0.472 e. The van der Waals surface area contributed by atoms with Crippen molar-refractivity contribution in [2.24, 2.45) is 0 Å². The van der Waals surface area contributed by atoms with E-state index in [1.807, 2.05) is 26.0 Å². The molecule has 0 bridgehead atoms. The molecule has 0 radical (unpaired) electrons. The average molecular weight is 416 g/mol. The van der Waals surface area contributed by atoms with Crippen LogP contribution in [0.25, 0.3) is 11.3 Å². The van der Waals surface area contributed by atoms with Crippen molar-refractivity contribution in [2.45, 2.75) is 51.7 Å². The van der Waals surface area contributed by atoms with Crippen molar-refractivity contribution in [1.29, 1.82) is 0 Å². The third-order valence-electron chi connectivity index (χ3n) is 5.29. The van der Waals surface area contributed by atoms with E-state index in [2.05, 4.69) is 20.3 Å². The van der Waals surface area contributed by atoms with Crippen LogP contribution in [0.4, 0.5) is 8.78 Å². The third-order valence-corrected chi connectivity index (χ3v) is 5.29. The summed E-state index contributed by atoms with van der Waals surface area (Å²) in [6.07, 6.45) is 1.45. The summed E-state index contributed by atoms with van der Waals surface area (Å²) in [5, 5.41) is 12.4. The van der Waals surface area contributed by atoms with Crippen molar-refractivity contribution in [3.05, 3.63) is 53.2 Å². The van der Waals surface area contributed by atoms with Crippen molar-refractivity contribution >= 4 is 0 Å². The molecular weight excluding hydrogens is 394 g/mol. The number of pyridine rings is 1. The minimum absolute atomic E-state index is 0.194. The number of hydrogen-bond donors (Lipinski definition) is 0. The van der Waals surface area contributed by atoms with E-state index in [-0.39, 0.29) is 6.61 Å². The van der Waals surface area contributed by atoms with Crippen molar-refractivity contribution in [1.82, 2.24) is 20.3 Å². The van der Waals surface area contributed by atoms with E-state index in [1.165, 1.54) is 0 Å². The summed E-state index contributed by atoms with van der Waals surface area (Å²) in [4.78, 5) is 4.29. The molecule has 0 amide bonds. The fourth-order valence-electron chi connectivity index (χ4n) is 3.38. The van der Waals surface area contributed by atoms with Gasteiger partial charge in [0.1, 0.15) is 30.3 Å². The van der Waals surface area contributed by atoms with Gasteiger partial charge in [0, 0.05) is 23.5 Å². The summed E-state index contributed by atoms with van der Waals surface area (Å²) in [5.41, 5.74) is 2.99. The fraction of sp³-hybridized carbons (Fsp3) is 0.429. The number of alkyl halides is 2. The van der Waals surface area contributed by atoms with Gasteiger partial charge in [-0.15, -0.1) is 10.2 Å². The Morgan fingerprint density at radius 2 is 1.97 bits per heavy atom. The quantitative estimate of drug-likeness (QED) is 0.539. The van der Waals surface area contributed by atoms with Gasteiger partial charge in [-0.2, -0.15) is 0 Å². The van der Waals surface area contributed by atoms with Crippen molar-refractivity contribution in [3.63, 3.8) is 0 Å². The van der Waals surface area contributed by atoms with Gasteiger partial charge in [0.05, 0.1) is 11.3 Å². The summed E-state index contributed by atoms with van der Waals surface area (Å²) >= 11 is 0. The molecule has 0 saturated heterocycles. The maximum atomic E-state index is 12.6. The Morgan fingerprint density at radius 1 is 1.13 bits per heavy atom. The molecule has 30 heavy (non-hydrogen) atoms. The standard InChI is InChI=1S/C21H22F2N4O3/c1-13-4-5-15(10-24-13)20-16(14(2)30-27-20)11-28-19-7-6-17(25-26-19)21(8-3-9-21)29-12-18(22)23/h4-7,10,18H,3,8-9,11-12H2,1-2H3. The van der Waals surface area contributed by atoms with Gasteiger partial charge in [0.15, 0.2) is 0 Å². The lowest BCUT2D eigenvalue weighted by Crippen LogP contribution is -2.39. The van der Waals surface area contributed by atoms with E-state index < -0.39 is 18.6 Å². The third kappa shape index (κ3) is 4.16. The van der Waals surface area contributed by atoms with Gasteiger partial charge in [0.25, 0.3) is 6.43 Å². The number of ether oxygens (including phenoxy) is 2. The van der Waals surface area contributed by atoms with Crippen LogP contribution >= 0.6 is 0 Å². The fourth-order valence-corrected chi connectivity index (χ4v) is 3.38. The van der Waals surface area contributed by atoms with Gasteiger partial charge in [-0.3, -0.25) is 4.98 Å². The van der Waals surface area contributed by atoms with Gasteiger partial charge in [-0.25, -0.2) is 8.78 Å². The second-order valence-electron chi connectivity index (χ2n) is 7.35. The Balaban J connectivity index is 1.45. The van der Waals surface area contributed by atoms with Crippen LogP contribution < -0.4 is 4.74 Å². The van der Waals surface area contributed by atoms with Gasteiger partial charge in [-0.05, 0) is 51.3 Å². The molecule has 9 heteroatoms. The molecular formula is C21H22F2N4O3. The molecule has 3 heterocycles. The van der Waals surface area contributed by atoms with Gasteiger partial charge < -0.3 is 14.0 Å². The van der Waals surface area contributed by atoms with E-state index in [0.29, 0.717) is 35.9 Å². The van der Waals surface area contributed by atoms with Crippen LogP contribution in [0.1, 0.15) is 42.0 Å². The number of nitrogens with zero attached hydrogens (tertiary/aromatic N) is 4. The summed E-state index contributed by atoms with van der Waals surface area (Å²) in [6, 6.07) is 7.22. The molecule has 0 aromatic carbocycles. The first-order chi connectivity index (χ1) is 14.5. The molecule has 1 saturated carbocycles. The van der Waals surface area contributed by atoms with Crippen LogP contribution in [-0.2, 0) is 16.9 Å². The molecule has 0 unspecified atom stereocenters. The molecule has 0 N–H and O–H groups in total. The van der Waals surface area contributed by atoms with E-state index in [4.69, 9.17) is 14.0 Å². The van der Waals surface area contributed by atoms with Crippen molar-refractivity contribution < 1.29 is 22.8 Å². The summed E-state index contributed by atoms with van der Waals surface area (Å²) in [7, 11) is 0. The average Bonchev–Trinajstić information content (AvgIpc) is 3.07. The first-order valence-corrected chi connectivity index (χ1v) is 9.74. The largest absolute Gasteiger partial charge is 0.472 e. The lowest BCUT2D eigenvalue weighted by Gasteiger charge is -2.40. The summed E-state index contributed by atoms with van der Waals surface area (Å²) in [6.45, 7) is 3.31. The zero-order valence-corrected chi connectivity index (χ0v) is 16.8. The minimum atomic E-state index is -2.51. The highest BCUT2D eigenvalue weighted by Gasteiger charge is 2.42. The van der Waals surface area contributed by atoms with Crippen LogP contribution in [0.5, 0.6) is 5.88 Å². The number of hydrogen-bond acceptors (Lipinski definition) is 7. The Kier molecular flexibility index (Phi) is 5.72. The molecule has 0 atom stereocenters. The van der Waals surface area contributed by atoms with Crippen molar-refractivity contribution in [3.8, 4) is 17.1 Å². The molecule has 3 aromatic rings. The Bertz CT molecular complexity index is 986. The van der Waals surface area contributed by atoms with E-state index in [9.17, 15) is 8.78 Å². The van der Waals surface area contributed by atoms with Crippen LogP contribution in [0, 0.1) is 13.8 Å². The maximum absolute atomic E-state index is 12.6. The number of halogens is 2. The summed E-state index contributed by atoms with van der Waals surface area (Å²) < 4.78 is 41.7. The van der Waals surface area contributed by atoms with Crippen LogP contribution in [0.15, 0.2) is 35.0 Å². The zero-order valence-electron chi connectivity index (χ0n) is 16.8. The molecule has 3 aromatic heterocycles. The number of aryl methyl sites for hydroxylation is 2. The normalized spacial score (nSPS) is 15.2. The predicted molar refractivity (Wildman–Crippen MR) is 103 cm³/mol. The molecule has 158 valence electrons. The van der Waals surface area contributed by atoms with E-state index in [1.54, 1.807) is 18.3 Å². The maximum Gasteiger partial charge on any atom is 0.261 e. The molecule has 1 aliphatic carbocycles. The Morgan fingerprint density at radius 3 is 2.57 bits per heavy atom. The van der Waals surface area contributed by atoms with E-state index >= 15 is 0 Å². The zero-order chi connectivity index (χ0) is 21.1. The molecule has 1 aliphatic rings. The first-order valence-electron chi connectivity index (χ1n) is 9.74. The highest BCUT2D eigenvalue weighted by molar-refractivity contribution is 5.62. The number of rotatable bonds is 8. The first kappa shape index (κ1) is 20.3. The molecule has 7 nitrogen and oxygen atoms in total. The second kappa shape index (κ2) is 8.43. The monoisotopic (exact) mass is 416 g/mol. The Labute approximate surface area is 172 Å².